The Balaban J connectivity index is 2.75. The molecule has 0 fully saturated rings. The van der Waals surface area contributed by atoms with E-state index in [0.717, 1.165) is 0 Å². The Morgan fingerprint density at radius 3 is 2.92 bits per heavy atom. The van der Waals surface area contributed by atoms with Crippen LogP contribution in [0.3, 0.4) is 0 Å². The molecule has 4 nitrogen and oxygen atoms in total. The Hall–Kier alpha value is -1.42. The van der Waals surface area contributed by atoms with Crippen molar-refractivity contribution in [2.75, 3.05) is 6.61 Å². The molecule has 13 heavy (non-hydrogen) atoms. The monoisotopic (exact) mass is 201 g/mol. The van der Waals surface area contributed by atoms with Crippen molar-refractivity contribution in [2.45, 2.75) is 0 Å². The number of carbonyl (C=O) groups is 1. The van der Waals surface area contributed by atoms with Gasteiger partial charge in [-0.2, -0.15) is 0 Å². The zero-order valence-corrected chi connectivity index (χ0v) is 7.25. The molecule has 0 bridgehead atoms. The number of phenolic OH excluding ortho intramolecular Hbond substituents is 1. The van der Waals surface area contributed by atoms with Crippen molar-refractivity contribution < 1.29 is 19.7 Å². The van der Waals surface area contributed by atoms with Crippen LogP contribution < -0.4 is 9.84 Å². The summed E-state index contributed by atoms with van der Waals surface area (Å²) in [5, 5.41) is 19.5. The lowest BCUT2D eigenvalue weighted by atomic mass is 10.3. The zero-order valence-electron chi connectivity index (χ0n) is 6.49. The minimum Gasteiger partial charge on any atom is -0.546 e. The molecule has 0 aliphatic rings. The highest BCUT2D eigenvalue weighted by Gasteiger charge is 2.02. The van der Waals surface area contributed by atoms with Crippen LogP contribution in [0.1, 0.15) is 0 Å². The molecular weight excluding hydrogens is 196 g/mol. The zero-order chi connectivity index (χ0) is 9.84. The first-order chi connectivity index (χ1) is 6.09. The third kappa shape index (κ3) is 2.83. The first-order valence-electron chi connectivity index (χ1n) is 3.41. The first kappa shape index (κ1) is 9.67. The normalized spacial score (nSPS) is 9.62. The molecule has 0 atom stereocenters. The van der Waals surface area contributed by atoms with Crippen LogP contribution in [-0.4, -0.2) is 17.7 Å². The van der Waals surface area contributed by atoms with E-state index >= 15 is 0 Å². The quantitative estimate of drug-likeness (QED) is 0.757. The number of benzene rings is 1. The van der Waals surface area contributed by atoms with Crippen LogP contribution in [-0.2, 0) is 4.79 Å². The second-order valence-electron chi connectivity index (χ2n) is 2.27. The summed E-state index contributed by atoms with van der Waals surface area (Å²) in [5.74, 6) is -1.50. The van der Waals surface area contributed by atoms with Crippen molar-refractivity contribution in [1.29, 1.82) is 0 Å². The molecule has 0 amide bonds. The van der Waals surface area contributed by atoms with Crippen LogP contribution in [0.2, 0.25) is 5.02 Å². The van der Waals surface area contributed by atoms with Crippen LogP contribution in [0.4, 0.5) is 0 Å². The number of hydrogen-bond donors (Lipinski definition) is 1. The molecule has 1 aromatic carbocycles. The van der Waals surface area contributed by atoms with E-state index < -0.39 is 12.6 Å². The van der Waals surface area contributed by atoms with Gasteiger partial charge in [-0.05, 0) is 12.1 Å². The van der Waals surface area contributed by atoms with Crippen molar-refractivity contribution in [2.24, 2.45) is 0 Å². The molecule has 0 aromatic heterocycles. The fourth-order valence-corrected chi connectivity index (χ4v) is 0.902. The largest absolute Gasteiger partial charge is 0.546 e. The second-order valence-corrected chi connectivity index (χ2v) is 2.71. The Morgan fingerprint density at radius 1 is 1.62 bits per heavy atom. The highest BCUT2D eigenvalue weighted by atomic mass is 35.5. The van der Waals surface area contributed by atoms with Crippen molar-refractivity contribution in [1.82, 2.24) is 0 Å². The summed E-state index contributed by atoms with van der Waals surface area (Å²) in [6.45, 7) is -0.617. The van der Waals surface area contributed by atoms with Crippen LogP contribution in [0, 0.1) is 0 Å². The van der Waals surface area contributed by atoms with Gasteiger partial charge in [0.1, 0.15) is 6.61 Å². The van der Waals surface area contributed by atoms with E-state index in [1.807, 2.05) is 0 Å². The van der Waals surface area contributed by atoms with Crippen LogP contribution in [0.25, 0.3) is 0 Å². The van der Waals surface area contributed by atoms with Gasteiger partial charge in [-0.3, -0.25) is 0 Å². The van der Waals surface area contributed by atoms with E-state index in [0.29, 0.717) is 5.02 Å². The van der Waals surface area contributed by atoms with E-state index in [-0.39, 0.29) is 11.5 Å². The van der Waals surface area contributed by atoms with Gasteiger partial charge in [-0.1, -0.05) is 11.6 Å². The van der Waals surface area contributed by atoms with Gasteiger partial charge in [0.15, 0.2) is 11.5 Å². The molecule has 1 N–H and O–H groups in total. The van der Waals surface area contributed by atoms with Gasteiger partial charge in [0.05, 0.1) is 5.97 Å². The summed E-state index contributed by atoms with van der Waals surface area (Å²) >= 11 is 5.58. The summed E-state index contributed by atoms with van der Waals surface area (Å²) < 4.78 is 4.68. The minimum atomic E-state index is -1.36. The second kappa shape index (κ2) is 4.00. The van der Waals surface area contributed by atoms with E-state index in [9.17, 15) is 9.90 Å². The smallest absolute Gasteiger partial charge is 0.162 e. The highest BCUT2D eigenvalue weighted by Crippen LogP contribution is 2.28. The average molecular weight is 202 g/mol. The molecule has 1 rings (SSSR count). The maximum Gasteiger partial charge on any atom is 0.162 e. The van der Waals surface area contributed by atoms with Crippen molar-refractivity contribution >= 4 is 17.6 Å². The molecule has 0 heterocycles. The molecule has 0 saturated heterocycles. The predicted molar refractivity (Wildman–Crippen MR) is 43.6 cm³/mol. The van der Waals surface area contributed by atoms with Crippen LogP contribution >= 0.6 is 11.6 Å². The van der Waals surface area contributed by atoms with Gasteiger partial charge in [-0.15, -0.1) is 0 Å². The van der Waals surface area contributed by atoms with Crippen molar-refractivity contribution in [3.8, 4) is 11.5 Å². The number of carboxylic acids is 1. The van der Waals surface area contributed by atoms with Gasteiger partial charge >= 0.3 is 0 Å². The third-order valence-electron chi connectivity index (χ3n) is 1.27. The Bertz CT molecular complexity index is 324. The Morgan fingerprint density at radius 2 is 2.31 bits per heavy atom. The maximum absolute atomic E-state index is 10.0. The van der Waals surface area contributed by atoms with Crippen molar-refractivity contribution in [3.63, 3.8) is 0 Å². The molecule has 0 aliphatic carbocycles. The predicted octanol–water partition coefficient (Wildman–Crippen LogP) is 0.174. The lowest BCUT2D eigenvalue weighted by Gasteiger charge is -2.08. The summed E-state index contributed by atoms with van der Waals surface area (Å²) in [7, 11) is 0. The number of halogens is 1. The average Bonchev–Trinajstić information content (AvgIpc) is 2.06. The highest BCUT2D eigenvalue weighted by molar-refractivity contribution is 6.30. The number of carbonyl (C=O) groups excluding carboxylic acids is 1. The summed E-state index contributed by atoms with van der Waals surface area (Å²) in [6, 6.07) is 4.09. The topological polar surface area (TPSA) is 69.6 Å². The molecule has 0 spiro atoms. The number of ether oxygens (including phenoxy) is 1. The standard InChI is InChI=1S/C8H7ClO4/c9-5-1-2-6(10)7(3-5)13-4-8(11)12/h1-3,10H,4H2,(H,11,12)/p-1. The van der Waals surface area contributed by atoms with Crippen LogP contribution in [0.5, 0.6) is 11.5 Å². The van der Waals surface area contributed by atoms with E-state index in [4.69, 9.17) is 16.7 Å². The molecule has 0 saturated carbocycles. The molecule has 1 aromatic rings. The van der Waals surface area contributed by atoms with Gasteiger partial charge in [0.2, 0.25) is 0 Å². The van der Waals surface area contributed by atoms with Crippen molar-refractivity contribution in [3.05, 3.63) is 23.2 Å². The lowest BCUT2D eigenvalue weighted by Crippen LogP contribution is -2.28. The number of aliphatic carboxylic acids is 1. The van der Waals surface area contributed by atoms with Gasteiger partial charge in [-0.25, -0.2) is 0 Å². The third-order valence-corrected chi connectivity index (χ3v) is 1.50. The first-order valence-corrected chi connectivity index (χ1v) is 3.78. The maximum atomic E-state index is 10.0. The number of aromatic hydroxyl groups is 1. The van der Waals surface area contributed by atoms with E-state index in [1.54, 1.807) is 0 Å². The Labute approximate surface area is 79.3 Å². The molecule has 70 valence electrons. The van der Waals surface area contributed by atoms with E-state index in [2.05, 4.69) is 4.74 Å². The van der Waals surface area contributed by atoms with Gasteiger partial charge < -0.3 is 19.7 Å². The number of rotatable bonds is 3. The van der Waals surface area contributed by atoms with Gasteiger partial charge in [0.25, 0.3) is 0 Å². The molecule has 0 aliphatic heterocycles. The van der Waals surface area contributed by atoms with Gasteiger partial charge in [0, 0.05) is 11.1 Å². The molecule has 5 heteroatoms. The minimum absolute atomic E-state index is 0.0247. The summed E-state index contributed by atoms with van der Waals surface area (Å²) in [6.07, 6.45) is 0. The molecule has 0 unspecified atom stereocenters. The fourth-order valence-electron chi connectivity index (χ4n) is 0.740. The Kier molecular flexibility index (Phi) is 2.97. The van der Waals surface area contributed by atoms with E-state index in [1.165, 1.54) is 18.2 Å². The number of phenols is 1. The summed E-state index contributed by atoms with van der Waals surface area (Å²) in [4.78, 5) is 10.0. The number of carboxylic acid groups (broad SMARTS) is 1. The molecule has 0 radical (unpaired) electrons. The van der Waals surface area contributed by atoms with Crippen LogP contribution in [0.15, 0.2) is 18.2 Å². The fraction of sp³-hybridized carbons (Fsp3) is 0.125. The lowest BCUT2D eigenvalue weighted by molar-refractivity contribution is -0.307. The SMILES string of the molecule is O=C([O-])COc1cc(Cl)ccc1O. The number of hydrogen-bond acceptors (Lipinski definition) is 4. The summed E-state index contributed by atoms with van der Waals surface area (Å²) in [5.41, 5.74) is 0. The molecular formula is C8H6ClO4-.